The molecule has 0 unspecified atom stereocenters. The number of carbonyl (C=O) groups is 1. The molecule has 0 heterocycles. The van der Waals surface area contributed by atoms with Gasteiger partial charge in [-0.2, -0.15) is 0 Å². The first-order valence-corrected chi connectivity index (χ1v) is 5.74. The molecular formula is C12H24N2O2. The summed E-state index contributed by atoms with van der Waals surface area (Å²) in [7, 11) is 0. The smallest absolute Gasteiger partial charge is 0.407 e. The molecule has 0 aliphatic carbocycles. The fourth-order valence-electron chi connectivity index (χ4n) is 1.05. The maximum atomic E-state index is 11.2. The van der Waals surface area contributed by atoms with Gasteiger partial charge in [0.1, 0.15) is 5.60 Å². The van der Waals surface area contributed by atoms with Gasteiger partial charge in [-0.05, 0) is 46.7 Å². The number of alkyl carbamates (subject to hydrolysis) is 1. The lowest BCUT2D eigenvalue weighted by Crippen LogP contribution is -2.34. The Labute approximate surface area is 98.4 Å². The van der Waals surface area contributed by atoms with Gasteiger partial charge >= 0.3 is 6.09 Å². The first kappa shape index (κ1) is 15.0. The summed E-state index contributed by atoms with van der Waals surface area (Å²) in [5, 5.41) is 5.95. The third-order valence-corrected chi connectivity index (χ3v) is 1.72. The van der Waals surface area contributed by atoms with Crippen molar-refractivity contribution >= 4 is 6.09 Å². The third-order valence-electron chi connectivity index (χ3n) is 1.72. The molecular weight excluding hydrogens is 204 g/mol. The largest absolute Gasteiger partial charge is 0.444 e. The van der Waals surface area contributed by atoms with Gasteiger partial charge in [0.05, 0.1) is 0 Å². The van der Waals surface area contributed by atoms with E-state index in [-0.39, 0.29) is 6.09 Å². The minimum atomic E-state index is -0.424. The van der Waals surface area contributed by atoms with Crippen molar-refractivity contribution in [3.63, 3.8) is 0 Å². The minimum Gasteiger partial charge on any atom is -0.444 e. The minimum absolute atomic E-state index is 0.349. The summed E-state index contributed by atoms with van der Waals surface area (Å²) in [5.74, 6) is 0. The average molecular weight is 228 g/mol. The fraction of sp³-hybridized carbons (Fsp3) is 0.750. The van der Waals surface area contributed by atoms with E-state index < -0.39 is 5.60 Å². The molecule has 0 saturated carbocycles. The summed E-state index contributed by atoms with van der Waals surface area (Å²) in [6.45, 7) is 11.7. The highest BCUT2D eigenvalue weighted by molar-refractivity contribution is 5.67. The van der Waals surface area contributed by atoms with Gasteiger partial charge in [0, 0.05) is 6.54 Å². The van der Waals surface area contributed by atoms with E-state index >= 15 is 0 Å². The predicted octanol–water partition coefficient (Wildman–Crippen LogP) is 2.07. The summed E-state index contributed by atoms with van der Waals surface area (Å²) in [6.07, 6.45) is 3.40. The van der Waals surface area contributed by atoms with Gasteiger partial charge in [0.25, 0.3) is 0 Å². The lowest BCUT2D eigenvalue weighted by molar-refractivity contribution is 0.0527. The molecule has 0 aromatic heterocycles. The monoisotopic (exact) mass is 228 g/mol. The normalized spacial score (nSPS) is 10.9. The summed E-state index contributed by atoms with van der Waals surface area (Å²) >= 11 is 0. The highest BCUT2D eigenvalue weighted by Gasteiger charge is 2.15. The summed E-state index contributed by atoms with van der Waals surface area (Å²) < 4.78 is 5.10. The van der Waals surface area contributed by atoms with Crippen LogP contribution in [-0.2, 0) is 4.74 Å². The Balaban J connectivity index is 3.31. The van der Waals surface area contributed by atoms with Crippen LogP contribution in [0.5, 0.6) is 0 Å². The number of rotatable bonds is 7. The van der Waals surface area contributed by atoms with Crippen molar-refractivity contribution in [1.29, 1.82) is 0 Å². The zero-order chi connectivity index (χ0) is 12.4. The summed E-state index contributed by atoms with van der Waals surface area (Å²) in [4.78, 5) is 11.2. The van der Waals surface area contributed by atoms with Crippen LogP contribution in [0.1, 0.15) is 33.6 Å². The first-order valence-electron chi connectivity index (χ1n) is 5.74. The lowest BCUT2D eigenvalue weighted by atomic mass is 10.2. The second kappa shape index (κ2) is 8.16. The average Bonchev–Trinajstić information content (AvgIpc) is 2.13. The van der Waals surface area contributed by atoms with Gasteiger partial charge < -0.3 is 15.4 Å². The van der Waals surface area contributed by atoms with E-state index in [1.807, 2.05) is 26.8 Å². The summed E-state index contributed by atoms with van der Waals surface area (Å²) in [6, 6.07) is 0. The van der Waals surface area contributed by atoms with Crippen molar-refractivity contribution in [2.45, 2.75) is 39.2 Å². The first-order chi connectivity index (χ1) is 7.45. The highest BCUT2D eigenvalue weighted by Crippen LogP contribution is 2.06. The molecule has 0 radical (unpaired) electrons. The topological polar surface area (TPSA) is 50.4 Å². The molecule has 16 heavy (non-hydrogen) atoms. The standard InChI is InChI=1S/C12H24N2O2/c1-5-6-8-13-9-7-10-14-11(15)16-12(2,3)4/h5,13H,1,6-10H2,2-4H3,(H,14,15). The number of hydrogen-bond donors (Lipinski definition) is 2. The van der Waals surface area contributed by atoms with Crippen LogP contribution in [0.3, 0.4) is 0 Å². The van der Waals surface area contributed by atoms with Gasteiger partial charge in [0.2, 0.25) is 0 Å². The zero-order valence-corrected chi connectivity index (χ0v) is 10.6. The molecule has 0 atom stereocenters. The van der Waals surface area contributed by atoms with Crippen molar-refractivity contribution < 1.29 is 9.53 Å². The number of carbonyl (C=O) groups excluding carboxylic acids is 1. The second-order valence-electron chi connectivity index (χ2n) is 4.61. The Bertz CT molecular complexity index is 210. The highest BCUT2D eigenvalue weighted by atomic mass is 16.6. The van der Waals surface area contributed by atoms with Gasteiger partial charge in [-0.15, -0.1) is 6.58 Å². The van der Waals surface area contributed by atoms with E-state index in [2.05, 4.69) is 17.2 Å². The van der Waals surface area contributed by atoms with E-state index in [1.165, 1.54) is 0 Å². The van der Waals surface area contributed by atoms with Crippen molar-refractivity contribution in [2.75, 3.05) is 19.6 Å². The van der Waals surface area contributed by atoms with Gasteiger partial charge in [-0.1, -0.05) is 6.08 Å². The van der Waals surface area contributed by atoms with Gasteiger partial charge in [0.15, 0.2) is 0 Å². The van der Waals surface area contributed by atoms with Crippen LogP contribution in [0.25, 0.3) is 0 Å². The van der Waals surface area contributed by atoms with Crippen LogP contribution >= 0.6 is 0 Å². The van der Waals surface area contributed by atoms with Crippen LogP contribution in [0.15, 0.2) is 12.7 Å². The molecule has 0 fully saturated rings. The van der Waals surface area contributed by atoms with Crippen LogP contribution in [0, 0.1) is 0 Å². The molecule has 94 valence electrons. The predicted molar refractivity (Wildman–Crippen MR) is 66.5 cm³/mol. The molecule has 0 spiro atoms. The van der Waals surface area contributed by atoms with Crippen LogP contribution in [-0.4, -0.2) is 31.3 Å². The van der Waals surface area contributed by atoms with Crippen molar-refractivity contribution in [3.05, 3.63) is 12.7 Å². The van der Waals surface area contributed by atoms with Crippen molar-refractivity contribution in [3.8, 4) is 0 Å². The molecule has 0 aromatic rings. The maximum Gasteiger partial charge on any atom is 0.407 e. The van der Waals surface area contributed by atoms with Crippen LogP contribution < -0.4 is 10.6 Å². The molecule has 4 nitrogen and oxygen atoms in total. The quantitative estimate of drug-likeness (QED) is 0.518. The van der Waals surface area contributed by atoms with E-state index in [0.717, 1.165) is 25.9 Å². The van der Waals surface area contributed by atoms with Crippen molar-refractivity contribution in [1.82, 2.24) is 10.6 Å². The van der Waals surface area contributed by atoms with E-state index in [4.69, 9.17) is 4.74 Å². The Morgan fingerprint density at radius 3 is 2.56 bits per heavy atom. The van der Waals surface area contributed by atoms with Gasteiger partial charge in [-0.3, -0.25) is 0 Å². The van der Waals surface area contributed by atoms with E-state index in [1.54, 1.807) is 0 Å². The molecule has 0 aliphatic heterocycles. The van der Waals surface area contributed by atoms with Gasteiger partial charge in [-0.25, -0.2) is 4.79 Å². The fourth-order valence-corrected chi connectivity index (χ4v) is 1.05. The molecule has 0 bridgehead atoms. The van der Waals surface area contributed by atoms with Crippen molar-refractivity contribution in [2.24, 2.45) is 0 Å². The number of nitrogens with one attached hydrogen (secondary N) is 2. The molecule has 0 rings (SSSR count). The van der Waals surface area contributed by atoms with E-state index in [9.17, 15) is 4.79 Å². The zero-order valence-electron chi connectivity index (χ0n) is 10.6. The Morgan fingerprint density at radius 1 is 1.31 bits per heavy atom. The Kier molecular flexibility index (Phi) is 7.64. The molecule has 0 aliphatic rings. The molecule has 2 N–H and O–H groups in total. The lowest BCUT2D eigenvalue weighted by Gasteiger charge is -2.19. The molecule has 0 saturated heterocycles. The van der Waals surface area contributed by atoms with E-state index in [0.29, 0.717) is 6.54 Å². The number of ether oxygens (including phenoxy) is 1. The Hall–Kier alpha value is -1.03. The maximum absolute atomic E-state index is 11.2. The number of hydrogen-bond acceptors (Lipinski definition) is 3. The van der Waals surface area contributed by atoms with Crippen LogP contribution in [0.4, 0.5) is 4.79 Å². The Morgan fingerprint density at radius 2 is 2.00 bits per heavy atom. The number of amides is 1. The SMILES string of the molecule is C=CCCNCCCNC(=O)OC(C)(C)C. The second-order valence-corrected chi connectivity index (χ2v) is 4.61. The molecule has 0 aromatic carbocycles. The molecule has 1 amide bonds. The molecule has 4 heteroatoms. The summed E-state index contributed by atoms with van der Waals surface area (Å²) in [5.41, 5.74) is -0.424. The third kappa shape index (κ3) is 11.0. The van der Waals surface area contributed by atoms with Crippen LogP contribution in [0.2, 0.25) is 0 Å².